The fraction of sp³-hybridized carbons (Fsp3) is 0.379. The maximum absolute atomic E-state index is 11.4. The van der Waals surface area contributed by atoms with Crippen LogP contribution in [0.4, 0.5) is 11.4 Å². The van der Waals surface area contributed by atoms with Crippen LogP contribution in [0, 0.1) is 6.92 Å². The molecule has 0 saturated carbocycles. The summed E-state index contributed by atoms with van der Waals surface area (Å²) in [6.07, 6.45) is 11.5. The van der Waals surface area contributed by atoms with Crippen LogP contribution in [0.3, 0.4) is 0 Å². The molecule has 0 bridgehead atoms. The zero-order valence-electron chi connectivity index (χ0n) is 21.6. The summed E-state index contributed by atoms with van der Waals surface area (Å²) in [5.41, 5.74) is 5.10. The molecule has 8 heteroatoms. The minimum absolute atomic E-state index is 0.170. The molecule has 1 atom stereocenters. The molecule has 1 heterocycles. The maximum atomic E-state index is 11.4. The first-order valence-corrected chi connectivity index (χ1v) is 14.3. The highest BCUT2D eigenvalue weighted by Gasteiger charge is 2.47. The number of aliphatic carboxylic acids is 1. The third-order valence-electron chi connectivity index (χ3n) is 6.73. The molecule has 7 nitrogen and oxygen atoms in total. The van der Waals surface area contributed by atoms with E-state index >= 15 is 0 Å². The van der Waals surface area contributed by atoms with E-state index in [2.05, 4.69) is 48.0 Å². The summed E-state index contributed by atoms with van der Waals surface area (Å²) in [6.45, 7) is 4.72. The van der Waals surface area contributed by atoms with Crippen molar-refractivity contribution in [3.05, 3.63) is 84.1 Å². The number of carboxylic acids is 1. The van der Waals surface area contributed by atoms with Gasteiger partial charge in [-0.3, -0.25) is 9.35 Å². The minimum Gasteiger partial charge on any atom is -0.481 e. The van der Waals surface area contributed by atoms with Crippen LogP contribution in [-0.4, -0.2) is 46.6 Å². The molecule has 3 rings (SSSR count). The zero-order chi connectivity index (χ0) is 26.9. The number of para-hydroxylation sites is 1. The lowest BCUT2D eigenvalue weighted by atomic mass is 9.75. The number of allylic oxidation sites excluding steroid dienone is 3. The van der Waals surface area contributed by atoms with Crippen molar-refractivity contribution in [2.45, 2.75) is 57.8 Å². The Morgan fingerprint density at radius 1 is 1.05 bits per heavy atom. The molecule has 0 saturated heterocycles. The molecule has 0 aromatic heterocycles. The first kappa shape index (κ1) is 28.3. The third kappa shape index (κ3) is 8.13. The van der Waals surface area contributed by atoms with Crippen LogP contribution in [0.15, 0.2) is 73.0 Å². The van der Waals surface area contributed by atoms with Crippen molar-refractivity contribution >= 4 is 33.2 Å². The first-order chi connectivity index (χ1) is 17.6. The summed E-state index contributed by atoms with van der Waals surface area (Å²) < 4.78 is 34.2. The largest absolute Gasteiger partial charge is 0.481 e. The van der Waals surface area contributed by atoms with Crippen LogP contribution in [0.1, 0.15) is 56.6 Å². The Bertz CT molecular complexity index is 1280. The van der Waals surface area contributed by atoms with Gasteiger partial charge in [-0.25, -0.2) is 0 Å². The van der Waals surface area contributed by atoms with Gasteiger partial charge in [-0.2, -0.15) is 13.0 Å². The van der Waals surface area contributed by atoms with Crippen molar-refractivity contribution in [3.63, 3.8) is 0 Å². The number of fused-ring (bicyclic) bond motifs is 1. The van der Waals surface area contributed by atoms with Crippen LogP contribution in [0.5, 0.6) is 0 Å². The van der Waals surface area contributed by atoms with Crippen LogP contribution in [0.25, 0.3) is 0 Å². The quantitative estimate of drug-likeness (QED) is 0.124. The van der Waals surface area contributed by atoms with Gasteiger partial charge in [0.2, 0.25) is 5.69 Å². The molecule has 0 radical (unpaired) electrons. The molecule has 0 amide bonds. The Hall–Kier alpha value is -3.23. The summed E-state index contributed by atoms with van der Waals surface area (Å²) in [5, 5.41) is 12.2. The van der Waals surface area contributed by atoms with Gasteiger partial charge in [-0.15, -0.1) is 0 Å². The van der Waals surface area contributed by atoms with Crippen LogP contribution in [-0.2, 0) is 20.3 Å². The Morgan fingerprint density at radius 3 is 2.51 bits per heavy atom. The normalized spacial score (nSPS) is 17.6. The molecule has 1 aliphatic heterocycles. The average Bonchev–Trinajstić information content (AvgIpc) is 3.05. The second-order valence-electron chi connectivity index (χ2n) is 9.71. The third-order valence-corrected chi connectivity index (χ3v) is 7.53. The van der Waals surface area contributed by atoms with Crippen LogP contribution >= 0.6 is 0 Å². The average molecular weight is 526 g/mol. The van der Waals surface area contributed by atoms with E-state index < -0.39 is 16.1 Å². The number of carbonyl (C=O) groups is 1. The number of hydrogen-bond acceptors (Lipinski definition) is 4. The summed E-state index contributed by atoms with van der Waals surface area (Å²) in [5.74, 6) is -1.07. The van der Waals surface area contributed by atoms with Gasteiger partial charge in [0.25, 0.3) is 10.1 Å². The van der Waals surface area contributed by atoms with Gasteiger partial charge in [0.1, 0.15) is 6.54 Å². The molecule has 1 aliphatic rings. The second kappa shape index (κ2) is 12.8. The van der Waals surface area contributed by atoms with E-state index in [1.807, 2.05) is 48.7 Å². The maximum Gasteiger partial charge on any atom is 0.303 e. The molecule has 0 aliphatic carbocycles. The summed E-state index contributed by atoms with van der Waals surface area (Å²) in [4.78, 5) is 10.9. The number of aryl methyl sites for hydroxylation is 1. The number of unbranched alkanes of at least 4 members (excludes halogenated alkanes) is 2. The number of nitrogens with zero attached hydrogens (tertiary/aromatic N) is 1. The molecule has 37 heavy (non-hydrogen) atoms. The van der Waals surface area contributed by atoms with Crippen molar-refractivity contribution in [1.29, 1.82) is 0 Å². The van der Waals surface area contributed by atoms with Gasteiger partial charge in [-0.05, 0) is 51.0 Å². The highest BCUT2D eigenvalue weighted by molar-refractivity contribution is 7.85. The molecule has 3 N–H and O–H groups in total. The fourth-order valence-electron chi connectivity index (χ4n) is 4.89. The van der Waals surface area contributed by atoms with Gasteiger partial charge < -0.3 is 10.4 Å². The number of nitrogens with one attached hydrogen (secondary N) is 1. The minimum atomic E-state index is -4.05. The zero-order valence-corrected chi connectivity index (χ0v) is 22.4. The Labute approximate surface area is 220 Å². The van der Waals surface area contributed by atoms with E-state index in [1.54, 1.807) is 0 Å². The Morgan fingerprint density at radius 2 is 1.81 bits per heavy atom. The van der Waals surface area contributed by atoms with Gasteiger partial charge in [0, 0.05) is 42.4 Å². The predicted molar refractivity (Wildman–Crippen MR) is 148 cm³/mol. The highest BCUT2D eigenvalue weighted by Crippen LogP contribution is 2.44. The van der Waals surface area contributed by atoms with E-state index in [9.17, 15) is 17.8 Å². The number of anilines is 1. The number of rotatable bonds is 14. The Balaban J connectivity index is 1.90. The summed E-state index contributed by atoms with van der Waals surface area (Å²) in [7, 11) is -4.05. The van der Waals surface area contributed by atoms with Gasteiger partial charge in [0.05, 0.1) is 11.2 Å². The SMILES string of the molecule is Cc1ccc2c(c1)C(C)(CCCCCC(=O)O)C(/C=C/C=C/Nc1ccccc1)=[N+]2CCCS(=O)(=O)O. The lowest BCUT2D eigenvalue weighted by Gasteiger charge is -2.23. The molecule has 1 unspecified atom stereocenters. The lowest BCUT2D eigenvalue weighted by Crippen LogP contribution is -2.31. The number of hydrogen-bond donors (Lipinski definition) is 3. The molecule has 198 valence electrons. The molecule has 2 aromatic rings. The summed E-state index contributed by atoms with van der Waals surface area (Å²) in [6, 6.07) is 16.2. The van der Waals surface area contributed by atoms with Crippen LogP contribution in [0.2, 0.25) is 0 Å². The van der Waals surface area contributed by atoms with E-state index in [-0.39, 0.29) is 17.6 Å². The molecular formula is C29H37N2O5S+. The standard InChI is InChI=1S/C29H36N2O5S/c1-23-16-17-26-25(22-23)29(2,18-9-4-7-15-28(32)33)27(31(26)20-11-21-37(34,35)36)14-8-10-19-30-24-12-5-3-6-13-24/h3,5-6,8,10,12-14,16-17,19,22H,4,7,9,11,15,18,20-21H2,1-2H3,(H2,32,33,34,35,36)/p+1. The predicted octanol–water partition coefficient (Wildman–Crippen LogP) is 5.85. The van der Waals surface area contributed by atoms with E-state index in [1.165, 1.54) is 5.56 Å². The van der Waals surface area contributed by atoms with Crippen molar-refractivity contribution in [3.8, 4) is 0 Å². The molecule has 0 spiro atoms. The van der Waals surface area contributed by atoms with E-state index in [0.717, 1.165) is 41.9 Å². The Kier molecular flexibility index (Phi) is 9.83. The van der Waals surface area contributed by atoms with E-state index in [0.29, 0.717) is 19.4 Å². The highest BCUT2D eigenvalue weighted by atomic mass is 32.2. The van der Waals surface area contributed by atoms with Gasteiger partial charge >= 0.3 is 5.97 Å². The fourth-order valence-corrected chi connectivity index (χ4v) is 5.38. The topological polar surface area (TPSA) is 107 Å². The second-order valence-corrected chi connectivity index (χ2v) is 11.3. The van der Waals surface area contributed by atoms with Crippen molar-refractivity contribution in [2.24, 2.45) is 0 Å². The smallest absolute Gasteiger partial charge is 0.303 e. The summed E-state index contributed by atoms with van der Waals surface area (Å²) >= 11 is 0. The van der Waals surface area contributed by atoms with E-state index in [4.69, 9.17) is 5.11 Å². The van der Waals surface area contributed by atoms with Crippen molar-refractivity contribution in [1.82, 2.24) is 0 Å². The monoisotopic (exact) mass is 525 g/mol. The van der Waals surface area contributed by atoms with Crippen molar-refractivity contribution < 1.29 is 27.4 Å². The molecule has 0 fully saturated rings. The molecule has 2 aromatic carbocycles. The number of benzene rings is 2. The lowest BCUT2D eigenvalue weighted by molar-refractivity contribution is -0.437. The first-order valence-electron chi connectivity index (χ1n) is 12.7. The van der Waals surface area contributed by atoms with Gasteiger partial charge in [-0.1, -0.05) is 48.7 Å². The van der Waals surface area contributed by atoms with Gasteiger partial charge in [0.15, 0.2) is 5.71 Å². The van der Waals surface area contributed by atoms with Crippen molar-refractivity contribution in [2.75, 3.05) is 17.6 Å². The molecular weight excluding hydrogens is 488 g/mol. The van der Waals surface area contributed by atoms with Crippen LogP contribution < -0.4 is 5.32 Å². The number of carboxylic acid groups (broad SMARTS) is 1.